The van der Waals surface area contributed by atoms with Gasteiger partial charge in [-0.15, -0.1) is 0 Å². The van der Waals surface area contributed by atoms with Crippen LogP contribution in [0.2, 0.25) is 28.6 Å². The van der Waals surface area contributed by atoms with Crippen LogP contribution in [0, 0.1) is 5.92 Å². The van der Waals surface area contributed by atoms with Gasteiger partial charge < -0.3 is 0 Å². The second kappa shape index (κ2) is 22.5. The first-order valence-corrected chi connectivity index (χ1v) is 34.1. The van der Waals surface area contributed by atoms with Crippen molar-refractivity contribution < 1.29 is 5.11 Å². The standard InChI is InChI=1S/C16H16O.6C4H9.2Sn/c1-13(12-14-8-4-2-5-9-14)16(17)15-10-6-3-7-11-15;6*1-3-4-2;;/h1-11,13,16-17H,12H2;6*1,3-4H2,2H3;;/t13-,16-;;;;;;;;/m0......../s1. The maximum atomic E-state index is 12.8. The van der Waals surface area contributed by atoms with Gasteiger partial charge in [0.15, 0.2) is 0 Å². The Kier molecular flexibility index (Phi) is 20.5. The van der Waals surface area contributed by atoms with Crippen LogP contribution in [0.1, 0.15) is 136 Å². The zero-order valence-electron chi connectivity index (χ0n) is 29.4. The summed E-state index contributed by atoms with van der Waals surface area (Å²) in [6.45, 7) is 14.6. The third-order valence-corrected chi connectivity index (χ3v) is 67.3. The fourth-order valence-corrected chi connectivity index (χ4v) is 88.4. The van der Waals surface area contributed by atoms with E-state index in [0.717, 1.165) is 8.37 Å². The third-order valence-electron chi connectivity index (χ3n) is 10.8. The summed E-state index contributed by atoms with van der Waals surface area (Å²) in [4.78, 5) is 0. The van der Waals surface area contributed by atoms with Crippen molar-refractivity contribution in [1.82, 2.24) is 0 Å². The summed E-state index contributed by atoms with van der Waals surface area (Å²) in [5, 5.41) is 12.8. The van der Waals surface area contributed by atoms with Gasteiger partial charge in [-0.25, -0.2) is 0 Å². The van der Waals surface area contributed by atoms with E-state index in [1.165, 1.54) is 88.2 Å². The predicted octanol–water partition coefficient (Wildman–Crippen LogP) is 13.2. The SMILES string of the molecule is CCC[CH2][Sn]([CH2]CCC)([CH2]CCC)[CH]([C@@H](Cc1ccccc1)[C@H](O)c1ccccc1)[Sn]([CH2]CCC)([CH2]CCC)[CH2]CCC. The summed E-state index contributed by atoms with van der Waals surface area (Å²) in [7, 11) is 0. The molecule has 0 spiro atoms. The summed E-state index contributed by atoms with van der Waals surface area (Å²) in [6, 6.07) is 22.3. The van der Waals surface area contributed by atoms with Crippen LogP contribution < -0.4 is 0 Å². The van der Waals surface area contributed by atoms with E-state index in [2.05, 4.69) is 102 Å². The molecule has 0 saturated carbocycles. The molecular formula is C40H70OSn2. The Morgan fingerprint density at radius 2 is 0.814 bits per heavy atom. The quantitative estimate of drug-likeness (QED) is 0.0992. The van der Waals surface area contributed by atoms with E-state index in [4.69, 9.17) is 0 Å². The summed E-state index contributed by atoms with van der Waals surface area (Å²) in [5.74, 6) is 0.382. The molecule has 0 aromatic heterocycles. The Labute approximate surface area is 277 Å². The van der Waals surface area contributed by atoms with Gasteiger partial charge in [-0.2, -0.15) is 0 Å². The number of benzene rings is 2. The van der Waals surface area contributed by atoms with Gasteiger partial charge >= 0.3 is 279 Å². The van der Waals surface area contributed by atoms with Gasteiger partial charge in [0, 0.05) is 0 Å². The van der Waals surface area contributed by atoms with E-state index in [1.54, 1.807) is 26.6 Å². The van der Waals surface area contributed by atoms with E-state index in [-0.39, 0.29) is 6.10 Å². The van der Waals surface area contributed by atoms with Crippen LogP contribution in [0.3, 0.4) is 0 Å². The van der Waals surface area contributed by atoms with Crippen molar-refractivity contribution in [2.75, 3.05) is 0 Å². The number of rotatable bonds is 25. The number of aliphatic hydroxyl groups is 1. The molecule has 2 atom stereocenters. The Bertz CT molecular complexity index is 854. The number of unbranched alkanes of at least 4 members (excludes halogenated alkanes) is 6. The van der Waals surface area contributed by atoms with Crippen molar-refractivity contribution in [1.29, 1.82) is 0 Å². The molecule has 244 valence electrons. The fourth-order valence-electron chi connectivity index (χ4n) is 8.61. The summed E-state index contributed by atoms with van der Waals surface area (Å²) < 4.78 is 10.4. The van der Waals surface area contributed by atoms with Crippen LogP contribution in [-0.4, -0.2) is 41.9 Å². The van der Waals surface area contributed by atoms with Gasteiger partial charge in [-0.05, 0) is 0 Å². The van der Waals surface area contributed by atoms with Crippen molar-refractivity contribution in [2.45, 2.75) is 160 Å². The number of hydrogen-bond donors (Lipinski definition) is 1. The van der Waals surface area contributed by atoms with Gasteiger partial charge in [0.2, 0.25) is 0 Å². The van der Waals surface area contributed by atoms with Crippen molar-refractivity contribution in [3.05, 3.63) is 71.8 Å². The molecule has 0 unspecified atom stereocenters. The van der Waals surface area contributed by atoms with Crippen molar-refractivity contribution in [3.63, 3.8) is 0 Å². The molecule has 3 heteroatoms. The zero-order chi connectivity index (χ0) is 31.4. The molecule has 0 radical (unpaired) electrons. The molecule has 0 aliphatic rings. The van der Waals surface area contributed by atoms with E-state index < -0.39 is 36.8 Å². The molecular weight excluding hydrogens is 734 g/mol. The van der Waals surface area contributed by atoms with Crippen LogP contribution in [-0.2, 0) is 6.42 Å². The summed E-state index contributed by atoms with van der Waals surface area (Å²) in [5.41, 5.74) is 2.63. The molecule has 0 saturated heterocycles. The first kappa shape index (κ1) is 39.2. The molecule has 0 aliphatic heterocycles. The average molecular weight is 804 g/mol. The van der Waals surface area contributed by atoms with Crippen molar-refractivity contribution in [3.8, 4) is 0 Å². The second-order valence-corrected chi connectivity index (χ2v) is 46.4. The predicted molar refractivity (Wildman–Crippen MR) is 199 cm³/mol. The topological polar surface area (TPSA) is 20.2 Å². The van der Waals surface area contributed by atoms with E-state index in [0.29, 0.717) is 5.92 Å². The van der Waals surface area contributed by atoms with E-state index in [1.807, 2.05) is 0 Å². The van der Waals surface area contributed by atoms with Gasteiger partial charge in [0.25, 0.3) is 0 Å². The Morgan fingerprint density at radius 3 is 1.14 bits per heavy atom. The molecule has 0 bridgehead atoms. The summed E-state index contributed by atoms with van der Waals surface area (Å²) >= 11 is -5.66. The summed E-state index contributed by atoms with van der Waals surface area (Å²) in [6.07, 6.45) is 17.2. The van der Waals surface area contributed by atoms with Gasteiger partial charge in [-0.3, -0.25) is 0 Å². The Morgan fingerprint density at radius 1 is 0.488 bits per heavy atom. The zero-order valence-corrected chi connectivity index (χ0v) is 35.1. The minimum atomic E-state index is -2.83. The first-order chi connectivity index (χ1) is 21.0. The van der Waals surface area contributed by atoms with Crippen LogP contribution >= 0.6 is 0 Å². The monoisotopic (exact) mass is 806 g/mol. The molecule has 0 amide bonds. The van der Waals surface area contributed by atoms with Crippen molar-refractivity contribution >= 4 is 36.8 Å². The molecule has 0 aliphatic carbocycles. The van der Waals surface area contributed by atoms with Gasteiger partial charge in [-0.1, -0.05) is 0 Å². The van der Waals surface area contributed by atoms with Crippen LogP contribution in [0.4, 0.5) is 0 Å². The molecule has 43 heavy (non-hydrogen) atoms. The molecule has 1 nitrogen and oxygen atoms in total. The van der Waals surface area contributed by atoms with Crippen LogP contribution in [0.15, 0.2) is 60.7 Å². The average Bonchev–Trinajstić information content (AvgIpc) is 3.05. The van der Waals surface area contributed by atoms with Crippen LogP contribution in [0.5, 0.6) is 0 Å². The van der Waals surface area contributed by atoms with Crippen molar-refractivity contribution in [2.24, 2.45) is 5.92 Å². The van der Waals surface area contributed by atoms with E-state index >= 15 is 0 Å². The normalized spacial score (nSPS) is 13.9. The molecule has 1 N–H and O–H groups in total. The maximum absolute atomic E-state index is 12.8. The number of hydrogen-bond acceptors (Lipinski definition) is 1. The molecule has 2 aromatic carbocycles. The minimum absolute atomic E-state index is 0.353. The van der Waals surface area contributed by atoms with Gasteiger partial charge in [0.05, 0.1) is 0 Å². The van der Waals surface area contributed by atoms with Gasteiger partial charge in [0.1, 0.15) is 0 Å². The third kappa shape index (κ3) is 12.3. The molecule has 2 aromatic rings. The molecule has 2 rings (SSSR count). The Hall–Kier alpha value is -0.00260. The molecule has 0 heterocycles. The number of aliphatic hydroxyl groups excluding tert-OH is 1. The Balaban J connectivity index is 2.98. The first-order valence-electron chi connectivity index (χ1n) is 18.7. The van der Waals surface area contributed by atoms with Crippen LogP contribution in [0.25, 0.3) is 0 Å². The van der Waals surface area contributed by atoms with E-state index in [9.17, 15) is 5.11 Å². The second-order valence-electron chi connectivity index (χ2n) is 14.0. The molecule has 0 fully saturated rings. The fraction of sp³-hybridized carbons (Fsp3) is 0.700.